The molecule has 0 radical (unpaired) electrons. The number of carbonyl (C=O) groups is 2. The Labute approximate surface area is 159 Å². The van der Waals surface area contributed by atoms with Crippen molar-refractivity contribution < 1.29 is 18.4 Å². The molecule has 2 aromatic rings. The van der Waals surface area contributed by atoms with Crippen LogP contribution < -0.4 is 10.2 Å². The third-order valence-corrected chi connectivity index (χ3v) is 5.01. The van der Waals surface area contributed by atoms with Crippen LogP contribution in [0.25, 0.3) is 6.08 Å². The SMILES string of the molecule is CC(=O)N/C(=C\c1cccs1)C(=O)N1CCN(c2c(F)cccc2F)CC1. The topological polar surface area (TPSA) is 52.7 Å². The molecule has 1 fully saturated rings. The Morgan fingerprint density at radius 1 is 1.07 bits per heavy atom. The molecule has 0 unspecified atom stereocenters. The van der Waals surface area contributed by atoms with E-state index in [0.717, 1.165) is 4.88 Å². The summed E-state index contributed by atoms with van der Waals surface area (Å²) in [6, 6.07) is 7.46. The predicted octanol–water partition coefficient (Wildman–Crippen LogP) is 2.85. The van der Waals surface area contributed by atoms with Crippen LogP contribution in [0.2, 0.25) is 0 Å². The highest BCUT2D eigenvalue weighted by Crippen LogP contribution is 2.24. The van der Waals surface area contributed by atoms with Gasteiger partial charge in [0.25, 0.3) is 5.91 Å². The van der Waals surface area contributed by atoms with E-state index in [2.05, 4.69) is 5.32 Å². The summed E-state index contributed by atoms with van der Waals surface area (Å²) in [7, 11) is 0. The lowest BCUT2D eigenvalue weighted by Crippen LogP contribution is -2.50. The molecule has 0 bridgehead atoms. The summed E-state index contributed by atoms with van der Waals surface area (Å²) < 4.78 is 27.9. The zero-order valence-electron chi connectivity index (χ0n) is 14.7. The Hall–Kier alpha value is -2.74. The van der Waals surface area contributed by atoms with Crippen molar-refractivity contribution in [2.24, 2.45) is 0 Å². The Balaban J connectivity index is 1.72. The van der Waals surface area contributed by atoms with Gasteiger partial charge in [-0.1, -0.05) is 12.1 Å². The fourth-order valence-electron chi connectivity index (χ4n) is 2.95. The van der Waals surface area contributed by atoms with Crippen molar-refractivity contribution in [1.82, 2.24) is 10.2 Å². The summed E-state index contributed by atoms with van der Waals surface area (Å²) >= 11 is 1.45. The van der Waals surface area contributed by atoms with Crippen LogP contribution in [0.15, 0.2) is 41.4 Å². The summed E-state index contributed by atoms with van der Waals surface area (Å²) in [5, 5.41) is 4.46. The molecule has 8 heteroatoms. The van der Waals surface area contributed by atoms with Crippen LogP contribution in [-0.4, -0.2) is 42.9 Å². The number of carbonyl (C=O) groups excluding carboxylic acids is 2. The van der Waals surface area contributed by atoms with Crippen molar-refractivity contribution >= 4 is 34.9 Å². The fourth-order valence-corrected chi connectivity index (χ4v) is 3.61. The molecule has 0 atom stereocenters. The predicted molar refractivity (Wildman–Crippen MR) is 101 cm³/mol. The molecule has 0 saturated carbocycles. The zero-order chi connectivity index (χ0) is 19.4. The second-order valence-corrected chi connectivity index (χ2v) is 7.08. The van der Waals surface area contributed by atoms with Gasteiger partial charge in [-0.25, -0.2) is 8.78 Å². The molecule has 3 rings (SSSR count). The number of hydrogen-bond donors (Lipinski definition) is 1. The molecule has 2 amide bonds. The summed E-state index contributed by atoms with van der Waals surface area (Å²) in [6.45, 7) is 2.54. The van der Waals surface area contributed by atoms with E-state index in [0.29, 0.717) is 26.2 Å². The van der Waals surface area contributed by atoms with Gasteiger partial charge in [0.1, 0.15) is 23.0 Å². The van der Waals surface area contributed by atoms with Crippen LogP contribution in [0, 0.1) is 11.6 Å². The van der Waals surface area contributed by atoms with Crippen molar-refractivity contribution in [3.8, 4) is 0 Å². The third kappa shape index (κ3) is 4.51. The summed E-state index contributed by atoms with van der Waals surface area (Å²) in [5.74, 6) is -1.89. The average Bonchev–Trinajstić information content (AvgIpc) is 3.14. The third-order valence-electron chi connectivity index (χ3n) is 4.19. The molecule has 1 aromatic carbocycles. The smallest absolute Gasteiger partial charge is 0.270 e. The summed E-state index contributed by atoms with van der Waals surface area (Å²) in [6.07, 6.45) is 1.64. The van der Waals surface area contributed by atoms with E-state index in [9.17, 15) is 18.4 Å². The molecule has 1 aliphatic rings. The number of nitrogens with one attached hydrogen (secondary N) is 1. The first kappa shape index (κ1) is 19.0. The van der Waals surface area contributed by atoms with Gasteiger partial charge in [-0.15, -0.1) is 11.3 Å². The van der Waals surface area contributed by atoms with Crippen molar-refractivity contribution in [3.63, 3.8) is 0 Å². The molecular weight excluding hydrogens is 372 g/mol. The summed E-state index contributed by atoms with van der Waals surface area (Å²) in [5.41, 5.74) is 0.122. The molecule has 0 aliphatic carbocycles. The van der Waals surface area contributed by atoms with Gasteiger partial charge in [0.2, 0.25) is 5.91 Å². The normalized spacial score (nSPS) is 15.0. The van der Waals surface area contributed by atoms with Gasteiger partial charge in [0, 0.05) is 38.0 Å². The Morgan fingerprint density at radius 3 is 2.30 bits per heavy atom. The minimum Gasteiger partial charge on any atom is -0.363 e. The van der Waals surface area contributed by atoms with Crippen LogP contribution >= 0.6 is 11.3 Å². The Kier molecular flexibility index (Phi) is 5.85. The van der Waals surface area contributed by atoms with Crippen molar-refractivity contribution in [2.45, 2.75) is 6.92 Å². The molecular formula is C19H19F2N3O2S. The van der Waals surface area contributed by atoms with Gasteiger partial charge < -0.3 is 15.1 Å². The number of amides is 2. The number of nitrogens with zero attached hydrogens (tertiary/aromatic N) is 2. The monoisotopic (exact) mass is 391 g/mol. The van der Waals surface area contributed by atoms with E-state index in [1.807, 2.05) is 17.5 Å². The highest BCUT2D eigenvalue weighted by atomic mass is 32.1. The number of benzene rings is 1. The van der Waals surface area contributed by atoms with Gasteiger partial charge in [-0.3, -0.25) is 9.59 Å². The second-order valence-electron chi connectivity index (χ2n) is 6.10. The van der Waals surface area contributed by atoms with Crippen molar-refractivity contribution in [3.05, 3.63) is 57.9 Å². The number of thiophene rings is 1. The van der Waals surface area contributed by atoms with Gasteiger partial charge in [-0.2, -0.15) is 0 Å². The molecule has 5 nitrogen and oxygen atoms in total. The van der Waals surface area contributed by atoms with Crippen LogP contribution in [0.3, 0.4) is 0 Å². The van der Waals surface area contributed by atoms with Crippen molar-refractivity contribution in [1.29, 1.82) is 0 Å². The Bertz CT molecular complexity index is 840. The van der Waals surface area contributed by atoms with Crippen LogP contribution in [-0.2, 0) is 9.59 Å². The highest BCUT2D eigenvalue weighted by Gasteiger charge is 2.26. The molecule has 1 aromatic heterocycles. The number of para-hydroxylation sites is 1. The molecule has 1 aliphatic heterocycles. The largest absolute Gasteiger partial charge is 0.363 e. The van der Waals surface area contributed by atoms with E-state index in [-0.39, 0.29) is 23.2 Å². The molecule has 2 heterocycles. The lowest BCUT2D eigenvalue weighted by molar-refractivity contribution is -0.129. The number of hydrogen-bond acceptors (Lipinski definition) is 4. The molecule has 1 saturated heterocycles. The van der Waals surface area contributed by atoms with E-state index in [1.54, 1.807) is 15.9 Å². The van der Waals surface area contributed by atoms with Gasteiger partial charge in [-0.05, 0) is 29.7 Å². The van der Waals surface area contributed by atoms with E-state index in [4.69, 9.17) is 0 Å². The van der Waals surface area contributed by atoms with Crippen LogP contribution in [0.5, 0.6) is 0 Å². The lowest BCUT2D eigenvalue weighted by Gasteiger charge is -2.36. The number of piperazine rings is 1. The minimum absolute atomic E-state index is 0.0687. The van der Waals surface area contributed by atoms with Gasteiger partial charge in [0.05, 0.1) is 0 Å². The summed E-state index contributed by atoms with van der Waals surface area (Å²) in [4.78, 5) is 28.3. The van der Waals surface area contributed by atoms with Crippen LogP contribution in [0.1, 0.15) is 11.8 Å². The van der Waals surface area contributed by atoms with Crippen molar-refractivity contribution in [2.75, 3.05) is 31.1 Å². The highest BCUT2D eigenvalue weighted by molar-refractivity contribution is 7.10. The van der Waals surface area contributed by atoms with E-state index < -0.39 is 11.6 Å². The number of halogens is 2. The Morgan fingerprint density at radius 2 is 1.74 bits per heavy atom. The number of anilines is 1. The first-order valence-corrected chi connectivity index (χ1v) is 9.34. The quantitative estimate of drug-likeness (QED) is 0.816. The maximum Gasteiger partial charge on any atom is 0.270 e. The van der Waals surface area contributed by atoms with E-state index >= 15 is 0 Å². The molecule has 1 N–H and O–H groups in total. The maximum atomic E-state index is 14.0. The minimum atomic E-state index is -0.619. The van der Waals surface area contributed by atoms with Gasteiger partial charge >= 0.3 is 0 Å². The van der Waals surface area contributed by atoms with Gasteiger partial charge in [0.15, 0.2) is 0 Å². The zero-order valence-corrected chi connectivity index (χ0v) is 15.6. The molecule has 142 valence electrons. The fraction of sp³-hybridized carbons (Fsp3) is 0.263. The lowest BCUT2D eigenvalue weighted by atomic mass is 10.2. The van der Waals surface area contributed by atoms with E-state index in [1.165, 1.54) is 36.5 Å². The molecule has 0 spiro atoms. The first-order valence-electron chi connectivity index (χ1n) is 8.46. The average molecular weight is 391 g/mol. The second kappa shape index (κ2) is 8.30. The maximum absolute atomic E-state index is 14.0. The standard InChI is InChI=1S/C19H19F2N3O2S/c1-13(25)22-17(12-14-4-3-11-27-14)19(26)24-9-7-23(8-10-24)18-15(20)5-2-6-16(18)21/h2-6,11-12H,7-10H2,1H3,(H,22,25)/b17-12-. The molecule has 27 heavy (non-hydrogen) atoms. The van der Waals surface area contributed by atoms with Crippen LogP contribution in [0.4, 0.5) is 14.5 Å². The first-order chi connectivity index (χ1) is 13.0. The number of rotatable bonds is 4.